The minimum absolute atomic E-state index is 0.139. The molecule has 104 valence electrons. The third-order valence-electron chi connectivity index (χ3n) is 3.41. The normalized spacial score (nSPS) is 19.5. The van der Waals surface area contributed by atoms with Gasteiger partial charge in [0.1, 0.15) is 11.9 Å². The third-order valence-corrected chi connectivity index (χ3v) is 3.41. The Morgan fingerprint density at radius 1 is 1.42 bits per heavy atom. The fourth-order valence-electron chi connectivity index (χ4n) is 2.24. The van der Waals surface area contributed by atoms with E-state index in [1.165, 1.54) is 12.1 Å². The predicted octanol–water partition coefficient (Wildman–Crippen LogP) is 2.92. The number of carbonyl (C=O) groups is 1. The molecule has 1 fully saturated rings. The van der Waals surface area contributed by atoms with Gasteiger partial charge in [-0.05, 0) is 24.1 Å². The number of hydrogen-bond donors (Lipinski definition) is 0. The fraction of sp³-hybridized carbons (Fsp3) is 0.533. The molecule has 1 aromatic rings. The Bertz CT molecular complexity index is 419. The molecule has 0 aliphatic carbocycles. The summed E-state index contributed by atoms with van der Waals surface area (Å²) in [6, 6.07) is 6.30. The van der Waals surface area contributed by atoms with Crippen LogP contribution in [0.5, 0.6) is 0 Å². The van der Waals surface area contributed by atoms with Crippen LogP contribution in [0, 0.1) is 5.82 Å². The Kier molecular flexibility index (Phi) is 4.91. The molecule has 19 heavy (non-hydrogen) atoms. The van der Waals surface area contributed by atoms with E-state index >= 15 is 0 Å². The van der Waals surface area contributed by atoms with E-state index in [-0.39, 0.29) is 17.8 Å². The Balaban J connectivity index is 1.96. The summed E-state index contributed by atoms with van der Waals surface area (Å²) < 4.78 is 18.6. The molecule has 1 atom stereocenters. The lowest BCUT2D eigenvalue weighted by Gasteiger charge is -2.33. The van der Waals surface area contributed by atoms with E-state index in [4.69, 9.17) is 4.74 Å². The summed E-state index contributed by atoms with van der Waals surface area (Å²) in [5.41, 5.74) is 0.925. The average Bonchev–Trinajstić information content (AvgIpc) is 2.45. The van der Waals surface area contributed by atoms with Crippen LogP contribution in [0.15, 0.2) is 24.3 Å². The number of halogens is 1. The number of carbonyl (C=O) groups excluding carboxylic acids is 1. The van der Waals surface area contributed by atoms with Gasteiger partial charge in [0.25, 0.3) is 0 Å². The zero-order chi connectivity index (χ0) is 13.7. The number of morpholine rings is 1. The van der Waals surface area contributed by atoms with Crippen LogP contribution in [-0.2, 0) is 9.53 Å². The van der Waals surface area contributed by atoms with Crippen molar-refractivity contribution in [2.24, 2.45) is 0 Å². The number of benzene rings is 1. The molecule has 0 aromatic heterocycles. The second-order valence-corrected chi connectivity index (χ2v) is 4.85. The number of ether oxygens (including phenoxy) is 1. The monoisotopic (exact) mass is 265 g/mol. The topological polar surface area (TPSA) is 29.5 Å². The van der Waals surface area contributed by atoms with Crippen LogP contribution in [0.1, 0.15) is 37.9 Å². The van der Waals surface area contributed by atoms with Gasteiger partial charge < -0.3 is 9.64 Å². The summed E-state index contributed by atoms with van der Waals surface area (Å²) in [6.07, 6.45) is 2.42. The first-order chi connectivity index (χ1) is 9.20. The molecule has 0 spiro atoms. The molecule has 1 saturated heterocycles. The third kappa shape index (κ3) is 3.77. The standard InChI is InChI=1S/C15H20FNO2/c1-2-3-4-15(18)17-9-10-19-14(11-17)12-5-7-13(16)8-6-12/h5-8,14H,2-4,9-11H2,1H3. The van der Waals surface area contributed by atoms with E-state index < -0.39 is 0 Å². The van der Waals surface area contributed by atoms with Gasteiger partial charge in [-0.2, -0.15) is 0 Å². The lowest BCUT2D eigenvalue weighted by molar-refractivity contribution is -0.139. The Labute approximate surface area is 113 Å². The molecule has 0 bridgehead atoms. The molecule has 1 unspecified atom stereocenters. The highest BCUT2D eigenvalue weighted by Crippen LogP contribution is 2.23. The molecule has 4 heteroatoms. The molecule has 1 heterocycles. The van der Waals surface area contributed by atoms with Gasteiger partial charge in [0.05, 0.1) is 13.2 Å². The van der Waals surface area contributed by atoms with Gasteiger partial charge in [0.2, 0.25) is 5.91 Å². The lowest BCUT2D eigenvalue weighted by Crippen LogP contribution is -2.42. The highest BCUT2D eigenvalue weighted by atomic mass is 19.1. The summed E-state index contributed by atoms with van der Waals surface area (Å²) >= 11 is 0. The molecule has 1 aliphatic heterocycles. The molecular formula is C15H20FNO2. The van der Waals surface area contributed by atoms with E-state index in [0.717, 1.165) is 18.4 Å². The molecule has 2 rings (SSSR count). The molecule has 1 aliphatic rings. The van der Waals surface area contributed by atoms with Crippen LogP contribution >= 0.6 is 0 Å². The molecule has 0 saturated carbocycles. The van der Waals surface area contributed by atoms with Crippen molar-refractivity contribution in [3.05, 3.63) is 35.6 Å². The van der Waals surface area contributed by atoms with E-state index in [9.17, 15) is 9.18 Å². The van der Waals surface area contributed by atoms with Gasteiger partial charge in [0, 0.05) is 13.0 Å². The second kappa shape index (κ2) is 6.66. The molecule has 1 amide bonds. The number of rotatable bonds is 4. The first-order valence-electron chi connectivity index (χ1n) is 6.85. The molecular weight excluding hydrogens is 245 g/mol. The van der Waals surface area contributed by atoms with E-state index in [1.807, 2.05) is 4.90 Å². The zero-order valence-corrected chi connectivity index (χ0v) is 11.3. The molecule has 3 nitrogen and oxygen atoms in total. The van der Waals surface area contributed by atoms with Crippen molar-refractivity contribution in [1.82, 2.24) is 4.90 Å². The maximum Gasteiger partial charge on any atom is 0.222 e. The summed E-state index contributed by atoms with van der Waals surface area (Å²) in [4.78, 5) is 13.9. The number of unbranched alkanes of at least 4 members (excludes halogenated alkanes) is 1. The molecule has 1 aromatic carbocycles. The molecule has 0 N–H and O–H groups in total. The quantitative estimate of drug-likeness (QED) is 0.837. The number of hydrogen-bond acceptors (Lipinski definition) is 2. The van der Waals surface area contributed by atoms with Gasteiger partial charge in [-0.1, -0.05) is 25.5 Å². The van der Waals surface area contributed by atoms with Crippen molar-refractivity contribution in [3.8, 4) is 0 Å². The van der Waals surface area contributed by atoms with Gasteiger partial charge in [-0.25, -0.2) is 4.39 Å². The van der Waals surface area contributed by atoms with Crippen molar-refractivity contribution in [3.63, 3.8) is 0 Å². The summed E-state index contributed by atoms with van der Waals surface area (Å²) in [5, 5.41) is 0. The van der Waals surface area contributed by atoms with Crippen LogP contribution in [0.2, 0.25) is 0 Å². The Hall–Kier alpha value is -1.42. The Morgan fingerprint density at radius 2 is 2.16 bits per heavy atom. The first kappa shape index (κ1) is 14.0. The van der Waals surface area contributed by atoms with Crippen molar-refractivity contribution in [1.29, 1.82) is 0 Å². The van der Waals surface area contributed by atoms with E-state index in [1.54, 1.807) is 12.1 Å². The summed E-state index contributed by atoms with van der Waals surface area (Å²) in [7, 11) is 0. The number of nitrogens with zero attached hydrogens (tertiary/aromatic N) is 1. The first-order valence-corrected chi connectivity index (χ1v) is 6.85. The largest absolute Gasteiger partial charge is 0.370 e. The highest BCUT2D eigenvalue weighted by molar-refractivity contribution is 5.76. The predicted molar refractivity (Wildman–Crippen MR) is 71.2 cm³/mol. The Morgan fingerprint density at radius 3 is 2.84 bits per heavy atom. The number of amides is 1. The van der Waals surface area contributed by atoms with Crippen LogP contribution < -0.4 is 0 Å². The highest BCUT2D eigenvalue weighted by Gasteiger charge is 2.24. The zero-order valence-electron chi connectivity index (χ0n) is 11.3. The van der Waals surface area contributed by atoms with Crippen LogP contribution in [0.25, 0.3) is 0 Å². The van der Waals surface area contributed by atoms with E-state index in [0.29, 0.717) is 26.1 Å². The maximum atomic E-state index is 12.9. The van der Waals surface area contributed by atoms with Gasteiger partial charge in [-0.15, -0.1) is 0 Å². The fourth-order valence-corrected chi connectivity index (χ4v) is 2.24. The smallest absolute Gasteiger partial charge is 0.222 e. The summed E-state index contributed by atoms with van der Waals surface area (Å²) in [5.74, 6) is -0.0623. The molecule has 0 radical (unpaired) electrons. The van der Waals surface area contributed by atoms with Crippen molar-refractivity contribution in [2.75, 3.05) is 19.7 Å². The van der Waals surface area contributed by atoms with Gasteiger partial charge >= 0.3 is 0 Å². The van der Waals surface area contributed by atoms with Crippen molar-refractivity contribution < 1.29 is 13.9 Å². The van der Waals surface area contributed by atoms with Crippen LogP contribution in [0.4, 0.5) is 4.39 Å². The van der Waals surface area contributed by atoms with Crippen molar-refractivity contribution >= 4 is 5.91 Å². The summed E-state index contributed by atoms with van der Waals surface area (Å²) in [6.45, 7) is 3.84. The SMILES string of the molecule is CCCCC(=O)N1CCOC(c2ccc(F)cc2)C1. The van der Waals surface area contributed by atoms with Crippen LogP contribution in [0.3, 0.4) is 0 Å². The minimum atomic E-state index is -0.254. The maximum absolute atomic E-state index is 12.9. The van der Waals surface area contributed by atoms with Crippen molar-refractivity contribution in [2.45, 2.75) is 32.3 Å². The minimum Gasteiger partial charge on any atom is -0.370 e. The average molecular weight is 265 g/mol. The van der Waals surface area contributed by atoms with E-state index in [2.05, 4.69) is 6.92 Å². The second-order valence-electron chi connectivity index (χ2n) is 4.85. The van der Waals surface area contributed by atoms with Gasteiger partial charge in [0.15, 0.2) is 0 Å². The van der Waals surface area contributed by atoms with Crippen LogP contribution in [-0.4, -0.2) is 30.5 Å². The van der Waals surface area contributed by atoms with Gasteiger partial charge in [-0.3, -0.25) is 4.79 Å². The lowest BCUT2D eigenvalue weighted by atomic mass is 10.1.